The van der Waals surface area contributed by atoms with Gasteiger partial charge < -0.3 is 0 Å². The predicted molar refractivity (Wildman–Crippen MR) is 34.5 cm³/mol. The van der Waals surface area contributed by atoms with Crippen molar-refractivity contribution in [1.82, 2.24) is 0 Å². The maximum atomic E-state index is 10.6. The Hall–Kier alpha value is 1.01. The molecule has 0 N–H and O–H groups in total. The second-order valence-corrected chi connectivity index (χ2v) is 10.3. The van der Waals surface area contributed by atoms with Gasteiger partial charge in [-0.25, -0.2) is 0 Å². The molecule has 5 heteroatoms. The van der Waals surface area contributed by atoms with Gasteiger partial charge in [0, 0.05) is 0 Å². The summed E-state index contributed by atoms with van der Waals surface area (Å²) in [6.45, 7) is 0. The summed E-state index contributed by atoms with van der Waals surface area (Å²) in [5.74, 6) is 0. The average Bonchev–Trinajstić information content (AvgIpc) is 1.68. The Balaban J connectivity index is 3.61. The van der Waals surface area contributed by atoms with Gasteiger partial charge in [-0.15, -0.1) is 0 Å². The van der Waals surface area contributed by atoms with Gasteiger partial charge >= 0.3 is 56.4 Å². The molecule has 0 amide bonds. The van der Waals surface area contributed by atoms with Crippen LogP contribution in [0.4, 0.5) is 0 Å². The SMILES string of the molecule is CO[As](=O)(I)OC. The molecule has 0 unspecified atom stereocenters. The van der Waals surface area contributed by atoms with E-state index in [1.807, 2.05) is 0 Å². The number of hydrogen-bond acceptors (Lipinski definition) is 3. The molecule has 0 fully saturated rings. The summed E-state index contributed by atoms with van der Waals surface area (Å²) < 4.78 is 19.5. The van der Waals surface area contributed by atoms with Gasteiger partial charge in [-0.3, -0.25) is 0 Å². The molecule has 0 heterocycles. The molecular formula is C2H6AsIO3. The minimum absolute atomic E-state index is 1.37. The molecule has 3 nitrogen and oxygen atoms in total. The quantitative estimate of drug-likeness (QED) is 0.548. The molecular weight excluding hydrogens is 274 g/mol. The Kier molecular flexibility index (Phi) is 3.57. The van der Waals surface area contributed by atoms with Crippen LogP contribution in [0.3, 0.4) is 0 Å². The van der Waals surface area contributed by atoms with Gasteiger partial charge in [-0.1, -0.05) is 0 Å². The van der Waals surface area contributed by atoms with Crippen LogP contribution in [0.2, 0.25) is 0 Å². The van der Waals surface area contributed by atoms with E-state index in [-0.39, 0.29) is 0 Å². The molecule has 0 saturated carbocycles. The van der Waals surface area contributed by atoms with Crippen molar-refractivity contribution in [1.29, 1.82) is 0 Å². The third-order valence-corrected chi connectivity index (χ3v) is 6.36. The summed E-state index contributed by atoms with van der Waals surface area (Å²) in [7, 11) is -0.483. The topological polar surface area (TPSA) is 35.5 Å². The van der Waals surface area contributed by atoms with Crippen molar-refractivity contribution in [2.75, 3.05) is 14.2 Å². The van der Waals surface area contributed by atoms with E-state index < -0.39 is 10.8 Å². The van der Waals surface area contributed by atoms with Crippen LogP contribution in [0, 0.1) is 0 Å². The zero-order valence-corrected chi connectivity index (χ0v) is 8.08. The van der Waals surface area contributed by atoms with E-state index in [1.54, 1.807) is 20.1 Å². The van der Waals surface area contributed by atoms with Crippen LogP contribution in [0.15, 0.2) is 0 Å². The third kappa shape index (κ3) is 3.58. The number of rotatable bonds is 2. The minimum atomic E-state index is -3.22. The van der Waals surface area contributed by atoms with Gasteiger partial charge in [-0.2, -0.15) is 0 Å². The standard InChI is InChI=1S/C2H6AsIO3/c1-6-3(4,5)7-2/h1-2H3. The van der Waals surface area contributed by atoms with E-state index >= 15 is 0 Å². The molecule has 0 bridgehead atoms. The van der Waals surface area contributed by atoms with E-state index in [9.17, 15) is 3.74 Å². The molecule has 0 aromatic rings. The maximum absolute atomic E-state index is 10.6. The van der Waals surface area contributed by atoms with Crippen LogP contribution in [0.1, 0.15) is 0 Å². The van der Waals surface area contributed by atoms with Crippen LogP contribution in [-0.4, -0.2) is 25.0 Å². The molecule has 0 aromatic heterocycles. The Bertz CT molecular complexity index is 84.9. The van der Waals surface area contributed by atoms with Crippen molar-refractivity contribution in [3.05, 3.63) is 0 Å². The zero-order chi connectivity index (χ0) is 5.91. The second kappa shape index (κ2) is 3.12. The second-order valence-electron chi connectivity index (χ2n) is 0.796. The van der Waals surface area contributed by atoms with E-state index in [1.165, 1.54) is 14.2 Å². The Labute approximate surface area is 56.3 Å². The predicted octanol–water partition coefficient (Wildman–Crippen LogP) is 0.580. The summed E-state index contributed by atoms with van der Waals surface area (Å²) in [5.41, 5.74) is 0. The Morgan fingerprint density at radius 2 is 1.71 bits per heavy atom. The van der Waals surface area contributed by atoms with Crippen LogP contribution in [0.5, 0.6) is 0 Å². The van der Waals surface area contributed by atoms with Crippen molar-refractivity contribution in [2.24, 2.45) is 0 Å². The van der Waals surface area contributed by atoms with Crippen molar-refractivity contribution >= 4 is 31.0 Å². The van der Waals surface area contributed by atoms with Crippen molar-refractivity contribution in [3.63, 3.8) is 0 Å². The molecule has 0 saturated heterocycles. The Morgan fingerprint density at radius 1 is 1.43 bits per heavy atom. The molecule has 44 valence electrons. The van der Waals surface area contributed by atoms with Gasteiger partial charge in [0.15, 0.2) is 0 Å². The van der Waals surface area contributed by atoms with Crippen molar-refractivity contribution in [2.45, 2.75) is 0 Å². The first-order valence-electron chi connectivity index (χ1n) is 1.53. The van der Waals surface area contributed by atoms with Crippen LogP contribution in [-0.2, 0) is 11.2 Å². The molecule has 0 aliphatic heterocycles. The first-order chi connectivity index (χ1) is 3.12. The summed E-state index contributed by atoms with van der Waals surface area (Å²) in [5, 5.41) is 0. The molecule has 7 heavy (non-hydrogen) atoms. The molecule has 0 aliphatic carbocycles. The number of halogens is 1. The van der Waals surface area contributed by atoms with Crippen molar-refractivity contribution in [3.8, 4) is 0 Å². The van der Waals surface area contributed by atoms with E-state index in [0.29, 0.717) is 0 Å². The molecule has 0 aliphatic rings. The first kappa shape index (κ1) is 8.01. The van der Waals surface area contributed by atoms with Gasteiger partial charge in [-0.05, 0) is 0 Å². The molecule has 0 aromatic carbocycles. The van der Waals surface area contributed by atoms with Gasteiger partial charge in [0.05, 0.1) is 0 Å². The monoisotopic (exact) mass is 280 g/mol. The summed E-state index contributed by atoms with van der Waals surface area (Å²) in [6.07, 6.45) is 0. The fraction of sp³-hybridized carbons (Fsp3) is 1.00. The average molecular weight is 280 g/mol. The first-order valence-corrected chi connectivity index (χ1v) is 9.55. The Morgan fingerprint density at radius 3 is 1.71 bits per heavy atom. The normalized spacial score (nSPS) is 11.9. The summed E-state index contributed by atoms with van der Waals surface area (Å²) in [4.78, 5) is 0. The van der Waals surface area contributed by atoms with Crippen molar-refractivity contribution < 1.29 is 11.2 Å². The molecule has 0 spiro atoms. The van der Waals surface area contributed by atoms with Gasteiger partial charge in [0.1, 0.15) is 0 Å². The van der Waals surface area contributed by atoms with Gasteiger partial charge in [0.2, 0.25) is 0 Å². The zero-order valence-electron chi connectivity index (χ0n) is 4.05. The molecule has 0 atom stereocenters. The van der Waals surface area contributed by atoms with Crippen LogP contribution < -0.4 is 0 Å². The van der Waals surface area contributed by atoms with E-state index in [2.05, 4.69) is 7.45 Å². The van der Waals surface area contributed by atoms with Crippen LogP contribution >= 0.6 is 20.1 Å². The molecule has 0 rings (SSSR count). The van der Waals surface area contributed by atoms with E-state index in [4.69, 9.17) is 0 Å². The summed E-state index contributed by atoms with van der Waals surface area (Å²) in [6, 6.07) is 0. The fourth-order valence-electron chi connectivity index (χ4n) is 0.0745. The number of hydrogen-bond donors (Lipinski definition) is 0. The van der Waals surface area contributed by atoms with Gasteiger partial charge in [0.25, 0.3) is 0 Å². The fourth-order valence-corrected chi connectivity index (χ4v) is 0.387. The molecule has 0 radical (unpaired) electrons. The summed E-state index contributed by atoms with van der Waals surface area (Å²) >= 11 is 1.68. The van der Waals surface area contributed by atoms with E-state index in [0.717, 1.165) is 0 Å². The third-order valence-electron chi connectivity index (χ3n) is 0.436. The van der Waals surface area contributed by atoms with Crippen LogP contribution in [0.25, 0.3) is 0 Å².